The number of aromatic nitrogens is 4. The van der Waals surface area contributed by atoms with Crippen LogP contribution in [0.4, 0.5) is 11.8 Å². The van der Waals surface area contributed by atoms with Crippen LogP contribution in [0.5, 0.6) is 0 Å². The summed E-state index contributed by atoms with van der Waals surface area (Å²) in [5.74, 6) is 0.669. The first-order chi connectivity index (χ1) is 7.75. The highest BCUT2D eigenvalue weighted by Gasteiger charge is 2.03. The van der Waals surface area contributed by atoms with Gasteiger partial charge in [-0.15, -0.1) is 0 Å². The molecule has 0 amide bonds. The first kappa shape index (κ1) is 10.6. The fourth-order valence-corrected chi connectivity index (χ4v) is 1.26. The molecular weight excluding hydrogens is 228 g/mol. The van der Waals surface area contributed by atoms with Gasteiger partial charge in [0.15, 0.2) is 5.82 Å². The molecule has 0 saturated heterocycles. The average Bonchev–Trinajstić information content (AvgIpc) is 2.32. The highest BCUT2D eigenvalue weighted by Crippen LogP contribution is 2.18. The minimum absolute atomic E-state index is 0.176. The van der Waals surface area contributed by atoms with Crippen molar-refractivity contribution in [3.05, 3.63) is 35.5 Å². The van der Waals surface area contributed by atoms with Gasteiger partial charge in [0.1, 0.15) is 11.3 Å². The number of nitrogens with one attached hydrogen (secondary N) is 1. The predicted octanol–water partition coefficient (Wildman–Crippen LogP) is 1.11. The van der Waals surface area contributed by atoms with Gasteiger partial charge >= 0.3 is 0 Å². The molecule has 82 valence electrons. The molecule has 0 aliphatic rings. The van der Waals surface area contributed by atoms with Gasteiger partial charge in [0.2, 0.25) is 5.95 Å². The summed E-state index contributed by atoms with van der Waals surface area (Å²) in [5, 5.41) is 3.44. The molecule has 0 unspecified atom stereocenters. The van der Waals surface area contributed by atoms with Crippen molar-refractivity contribution in [3.63, 3.8) is 0 Å². The van der Waals surface area contributed by atoms with Crippen molar-refractivity contribution >= 4 is 23.4 Å². The molecule has 0 spiro atoms. The van der Waals surface area contributed by atoms with Crippen molar-refractivity contribution in [1.29, 1.82) is 0 Å². The molecule has 0 bridgehead atoms. The molecule has 0 aliphatic heterocycles. The number of nitrogens with two attached hydrogens (primary N) is 1. The molecule has 3 N–H and O–H groups in total. The number of halogens is 1. The molecule has 0 radical (unpaired) electrons. The summed E-state index contributed by atoms with van der Waals surface area (Å²) in [5.41, 5.74) is 6.29. The van der Waals surface area contributed by atoms with Crippen LogP contribution in [0, 0.1) is 0 Å². The summed E-state index contributed by atoms with van der Waals surface area (Å²) < 4.78 is 0. The van der Waals surface area contributed by atoms with E-state index in [1.54, 1.807) is 12.3 Å². The van der Waals surface area contributed by atoms with Gasteiger partial charge in [-0.05, 0) is 6.07 Å². The maximum Gasteiger partial charge on any atom is 0.222 e. The van der Waals surface area contributed by atoms with E-state index >= 15 is 0 Å². The van der Waals surface area contributed by atoms with E-state index in [4.69, 9.17) is 17.3 Å². The Labute approximate surface area is 96.9 Å². The third-order valence-corrected chi connectivity index (χ3v) is 2.12. The lowest BCUT2D eigenvalue weighted by atomic mass is 10.4. The van der Waals surface area contributed by atoms with Gasteiger partial charge in [0.25, 0.3) is 0 Å². The Balaban J connectivity index is 2.08. The fourth-order valence-electron chi connectivity index (χ4n) is 1.10. The predicted molar refractivity (Wildman–Crippen MR) is 60.8 cm³/mol. The van der Waals surface area contributed by atoms with E-state index in [0.717, 1.165) is 5.69 Å². The summed E-state index contributed by atoms with van der Waals surface area (Å²) in [6, 6.07) is 1.80. The molecule has 2 aromatic rings. The maximum absolute atomic E-state index is 5.89. The van der Waals surface area contributed by atoms with E-state index in [0.29, 0.717) is 17.4 Å². The lowest BCUT2D eigenvalue weighted by Gasteiger charge is -2.06. The molecule has 7 heteroatoms. The van der Waals surface area contributed by atoms with E-state index < -0.39 is 0 Å². The van der Waals surface area contributed by atoms with Crippen LogP contribution in [0.3, 0.4) is 0 Å². The second-order valence-corrected chi connectivity index (χ2v) is 3.39. The van der Waals surface area contributed by atoms with Crippen molar-refractivity contribution in [2.75, 3.05) is 11.1 Å². The van der Waals surface area contributed by atoms with Gasteiger partial charge in [-0.25, -0.2) is 15.0 Å². The number of anilines is 2. The highest BCUT2D eigenvalue weighted by molar-refractivity contribution is 6.32. The molecule has 2 aromatic heterocycles. The second kappa shape index (κ2) is 4.71. The second-order valence-electron chi connectivity index (χ2n) is 2.98. The molecule has 2 rings (SSSR count). The minimum Gasteiger partial charge on any atom is -0.368 e. The average molecular weight is 237 g/mol. The Morgan fingerprint density at radius 3 is 3.00 bits per heavy atom. The fraction of sp³-hybridized carbons (Fsp3) is 0.111. The number of nitrogens with zero attached hydrogens (tertiary/aromatic N) is 4. The summed E-state index contributed by atoms with van der Waals surface area (Å²) >= 11 is 5.89. The Hall–Kier alpha value is -1.95. The maximum atomic E-state index is 5.89. The Bertz CT molecular complexity index is 475. The van der Waals surface area contributed by atoms with Crippen LogP contribution >= 0.6 is 11.6 Å². The van der Waals surface area contributed by atoms with Crippen LogP contribution in [0.2, 0.25) is 5.02 Å². The third kappa shape index (κ3) is 2.54. The van der Waals surface area contributed by atoms with Crippen molar-refractivity contribution in [1.82, 2.24) is 19.9 Å². The molecular formula is C9H9ClN6. The number of hydrogen-bond acceptors (Lipinski definition) is 6. The Morgan fingerprint density at radius 1 is 1.38 bits per heavy atom. The van der Waals surface area contributed by atoms with Crippen LogP contribution in [0.1, 0.15) is 5.69 Å². The van der Waals surface area contributed by atoms with Crippen LogP contribution in [0.15, 0.2) is 24.8 Å². The first-order valence-corrected chi connectivity index (χ1v) is 4.90. The Morgan fingerprint density at radius 2 is 2.25 bits per heavy atom. The van der Waals surface area contributed by atoms with E-state index in [1.807, 2.05) is 0 Å². The lowest BCUT2D eigenvalue weighted by molar-refractivity contribution is 0.993. The van der Waals surface area contributed by atoms with Crippen LogP contribution < -0.4 is 11.1 Å². The van der Waals surface area contributed by atoms with Gasteiger partial charge in [-0.3, -0.25) is 0 Å². The summed E-state index contributed by atoms with van der Waals surface area (Å²) in [4.78, 5) is 15.6. The molecule has 0 saturated carbocycles. The molecule has 0 fully saturated rings. The van der Waals surface area contributed by atoms with Crippen molar-refractivity contribution < 1.29 is 0 Å². The normalized spacial score (nSPS) is 10.1. The van der Waals surface area contributed by atoms with E-state index in [9.17, 15) is 0 Å². The summed E-state index contributed by atoms with van der Waals surface area (Å²) in [6.07, 6.45) is 4.60. The zero-order chi connectivity index (χ0) is 11.4. The topological polar surface area (TPSA) is 89.6 Å². The largest absolute Gasteiger partial charge is 0.368 e. The third-order valence-electron chi connectivity index (χ3n) is 1.84. The van der Waals surface area contributed by atoms with Crippen LogP contribution in [-0.4, -0.2) is 19.9 Å². The minimum atomic E-state index is 0.176. The highest BCUT2D eigenvalue weighted by atomic mass is 35.5. The molecule has 0 atom stereocenters. The van der Waals surface area contributed by atoms with E-state index in [2.05, 4.69) is 25.3 Å². The summed E-state index contributed by atoms with van der Waals surface area (Å²) in [7, 11) is 0. The van der Waals surface area contributed by atoms with Crippen molar-refractivity contribution in [2.45, 2.75) is 6.54 Å². The number of hydrogen-bond donors (Lipinski definition) is 2. The number of nitrogen functional groups attached to an aromatic ring is 1. The quantitative estimate of drug-likeness (QED) is 0.830. The van der Waals surface area contributed by atoms with Crippen molar-refractivity contribution in [3.8, 4) is 0 Å². The standard InChI is InChI=1S/C9H9ClN6/c10-7-4-14-9(11)16-8(7)13-3-6-1-2-12-5-15-6/h1-2,4-5H,3H2,(H3,11,13,14,16). The van der Waals surface area contributed by atoms with Crippen LogP contribution in [0.25, 0.3) is 0 Å². The van der Waals surface area contributed by atoms with E-state index in [1.165, 1.54) is 12.5 Å². The lowest BCUT2D eigenvalue weighted by Crippen LogP contribution is -2.06. The van der Waals surface area contributed by atoms with Gasteiger partial charge in [-0.2, -0.15) is 4.98 Å². The monoisotopic (exact) mass is 236 g/mol. The molecule has 16 heavy (non-hydrogen) atoms. The zero-order valence-corrected chi connectivity index (χ0v) is 9.02. The Kier molecular flexibility index (Phi) is 3.11. The van der Waals surface area contributed by atoms with Gasteiger partial charge in [0.05, 0.1) is 18.4 Å². The number of rotatable bonds is 3. The molecule has 0 aromatic carbocycles. The van der Waals surface area contributed by atoms with Crippen LogP contribution in [-0.2, 0) is 6.54 Å². The van der Waals surface area contributed by atoms with Crippen molar-refractivity contribution in [2.24, 2.45) is 0 Å². The molecule has 6 nitrogen and oxygen atoms in total. The van der Waals surface area contributed by atoms with Gasteiger partial charge in [0, 0.05) is 6.20 Å². The first-order valence-electron chi connectivity index (χ1n) is 4.52. The van der Waals surface area contributed by atoms with Gasteiger partial charge < -0.3 is 11.1 Å². The molecule has 0 aliphatic carbocycles. The molecule has 2 heterocycles. The zero-order valence-electron chi connectivity index (χ0n) is 8.26. The summed E-state index contributed by atoms with van der Waals surface area (Å²) in [6.45, 7) is 0.499. The van der Waals surface area contributed by atoms with E-state index in [-0.39, 0.29) is 5.95 Å². The smallest absolute Gasteiger partial charge is 0.222 e. The SMILES string of the molecule is Nc1ncc(Cl)c(NCc2ccncn2)n1. The van der Waals surface area contributed by atoms with Gasteiger partial charge in [-0.1, -0.05) is 11.6 Å².